The van der Waals surface area contributed by atoms with E-state index in [9.17, 15) is 0 Å². The average Bonchev–Trinajstić information content (AvgIpc) is 3.56. The molecule has 0 aliphatic heterocycles. The second-order valence-corrected chi connectivity index (χ2v) is 16.7. The summed E-state index contributed by atoms with van der Waals surface area (Å²) >= 11 is 0. The van der Waals surface area contributed by atoms with Crippen molar-refractivity contribution in [1.29, 1.82) is 0 Å². The summed E-state index contributed by atoms with van der Waals surface area (Å²) in [6.45, 7) is 39.8. The van der Waals surface area contributed by atoms with Crippen LogP contribution in [0.5, 0.6) is 0 Å². The average molecular weight is 814 g/mol. The second kappa shape index (κ2) is 27.3. The highest BCUT2D eigenvalue weighted by Gasteiger charge is 2.20. The molecule has 4 aromatic rings. The molecule has 0 N–H and O–H groups in total. The molecule has 324 valence electrons. The lowest BCUT2D eigenvalue weighted by atomic mass is 9.82. The van der Waals surface area contributed by atoms with Crippen molar-refractivity contribution in [2.45, 2.75) is 133 Å². The Bertz CT molecular complexity index is 2270. The molecule has 4 aromatic carbocycles. The van der Waals surface area contributed by atoms with E-state index in [-0.39, 0.29) is 11.5 Å². The van der Waals surface area contributed by atoms with Gasteiger partial charge < -0.3 is 4.90 Å². The van der Waals surface area contributed by atoms with E-state index >= 15 is 0 Å². The molecule has 1 heteroatoms. The minimum Gasteiger partial charge on any atom is -0.338 e. The van der Waals surface area contributed by atoms with Crippen LogP contribution >= 0.6 is 0 Å². The number of fused-ring (bicyclic) bond motifs is 1. The van der Waals surface area contributed by atoms with Crippen LogP contribution in [0.2, 0.25) is 0 Å². The Morgan fingerprint density at radius 2 is 1.44 bits per heavy atom. The topological polar surface area (TPSA) is 3.24 Å². The highest BCUT2D eigenvalue weighted by atomic mass is 15.2. The van der Waals surface area contributed by atoms with Gasteiger partial charge in [-0.3, -0.25) is 0 Å². The molecule has 0 saturated heterocycles. The third kappa shape index (κ3) is 16.4. The van der Waals surface area contributed by atoms with Gasteiger partial charge >= 0.3 is 0 Å². The fraction of sp³-hybridized carbons (Fsp3) is 0.333. The van der Waals surface area contributed by atoms with Gasteiger partial charge in [-0.05, 0) is 122 Å². The molecule has 0 bridgehead atoms. The molecule has 1 aliphatic carbocycles. The number of benzene rings is 4. The van der Waals surface area contributed by atoms with Crippen LogP contribution in [0.4, 0.5) is 5.69 Å². The van der Waals surface area contributed by atoms with Crippen LogP contribution in [0.1, 0.15) is 130 Å². The SMILES string of the molecule is C#Cc1/c(=C\C=C(/C)N(c2ccc(C(C)(C)C)cc2)C2C=CC=CCC2)ccc2c(C)cc/c(=C/C)c12.C=C.C=C/C=C\C(C)=C/C.CC.CCC(C)(C)c1ccc(C)cc1. The Balaban J connectivity index is 0.000000634. The van der Waals surface area contributed by atoms with Gasteiger partial charge in [-0.2, -0.15) is 0 Å². The highest BCUT2D eigenvalue weighted by Crippen LogP contribution is 2.30. The Kier molecular flexibility index (Phi) is 23.9. The van der Waals surface area contributed by atoms with Gasteiger partial charge in [-0.15, -0.1) is 19.6 Å². The molecule has 0 fully saturated rings. The zero-order chi connectivity index (χ0) is 46.2. The van der Waals surface area contributed by atoms with Crippen LogP contribution in [-0.4, -0.2) is 6.04 Å². The first-order valence-corrected chi connectivity index (χ1v) is 22.2. The predicted molar refractivity (Wildman–Crippen MR) is 279 cm³/mol. The summed E-state index contributed by atoms with van der Waals surface area (Å²) in [6, 6.07) is 26.9. The first-order chi connectivity index (χ1) is 29.1. The monoisotopic (exact) mass is 814 g/mol. The van der Waals surface area contributed by atoms with Gasteiger partial charge in [-0.25, -0.2) is 0 Å². The number of aryl methyl sites for hydroxylation is 2. The maximum atomic E-state index is 6.10. The first-order valence-electron chi connectivity index (χ1n) is 22.2. The standard InChI is InChI=1S/C36H39N.C12H18.C8H12.C2H6.C2H4/c1-8-28-18-16-26(3)34-25-20-29(33(9-2)35(28)34)19-17-27(4)37(31-14-12-10-11-13-15-31)32-23-21-30(22-24-32)36(5,6)7;1-5-12(3,4)11-8-6-10(2)7-9-11;1-4-6-7-8(3)5-2;2*1-2/h2,8,10-12,14,16-25,31H,13,15H2,1,3-7H3;6-9H,5H2,1-4H3;4-7H,1H2,2-3H3;1-2H3;1-2H2/b27-17+,28-8-,29-19-;;7-6-,8-5-;;. The molecule has 0 spiro atoms. The summed E-state index contributed by atoms with van der Waals surface area (Å²) in [5, 5.41) is 4.64. The number of allylic oxidation sites excluding steroid dienone is 10. The first kappa shape index (κ1) is 53.4. The summed E-state index contributed by atoms with van der Waals surface area (Å²) in [7, 11) is 0. The Labute approximate surface area is 374 Å². The van der Waals surface area contributed by atoms with E-state index in [2.05, 4.69) is 228 Å². The van der Waals surface area contributed by atoms with Gasteiger partial charge in [-0.1, -0.05) is 200 Å². The number of hydrogen-bond donors (Lipinski definition) is 0. The summed E-state index contributed by atoms with van der Waals surface area (Å²) < 4.78 is 0. The van der Waals surface area contributed by atoms with E-state index in [0.29, 0.717) is 5.41 Å². The molecule has 5 rings (SSSR count). The molecule has 0 saturated carbocycles. The normalized spacial score (nSPS) is 14.5. The zero-order valence-electron chi connectivity index (χ0n) is 40.6. The number of anilines is 1. The van der Waals surface area contributed by atoms with E-state index in [1.807, 2.05) is 32.9 Å². The Morgan fingerprint density at radius 3 is 1.98 bits per heavy atom. The van der Waals surface area contributed by atoms with Crippen molar-refractivity contribution < 1.29 is 0 Å². The van der Waals surface area contributed by atoms with E-state index in [4.69, 9.17) is 6.42 Å². The van der Waals surface area contributed by atoms with Crippen molar-refractivity contribution in [3.8, 4) is 12.3 Å². The maximum Gasteiger partial charge on any atom is 0.0524 e. The number of nitrogens with zero attached hydrogens (tertiary/aromatic N) is 1. The lowest BCUT2D eigenvalue weighted by Gasteiger charge is -2.33. The minimum atomic E-state index is 0.128. The Hall–Kier alpha value is -5.58. The maximum absolute atomic E-state index is 6.10. The van der Waals surface area contributed by atoms with Gasteiger partial charge in [0.05, 0.1) is 6.04 Å². The molecule has 0 radical (unpaired) electrons. The van der Waals surface area contributed by atoms with Gasteiger partial charge in [0.1, 0.15) is 0 Å². The molecule has 1 atom stereocenters. The van der Waals surface area contributed by atoms with Crippen LogP contribution in [0.25, 0.3) is 22.9 Å². The molecule has 1 aliphatic rings. The fourth-order valence-electron chi connectivity index (χ4n) is 6.71. The van der Waals surface area contributed by atoms with Gasteiger partial charge in [0.15, 0.2) is 0 Å². The molecular formula is C60H79N. The number of hydrogen-bond acceptors (Lipinski definition) is 1. The van der Waals surface area contributed by atoms with E-state index in [1.54, 1.807) is 6.08 Å². The predicted octanol–water partition coefficient (Wildman–Crippen LogP) is 15.9. The van der Waals surface area contributed by atoms with Crippen molar-refractivity contribution in [3.05, 3.63) is 197 Å². The lowest BCUT2D eigenvalue weighted by molar-refractivity contribution is 0.506. The molecule has 0 aromatic heterocycles. The second-order valence-electron chi connectivity index (χ2n) is 16.7. The van der Waals surface area contributed by atoms with Crippen molar-refractivity contribution in [1.82, 2.24) is 0 Å². The molecule has 1 nitrogen and oxygen atoms in total. The third-order valence-electron chi connectivity index (χ3n) is 11.0. The number of rotatable bonds is 8. The molecular weight excluding hydrogens is 735 g/mol. The summed E-state index contributed by atoms with van der Waals surface area (Å²) in [5.41, 5.74) is 10.4. The van der Waals surface area contributed by atoms with Crippen LogP contribution in [0.15, 0.2) is 158 Å². The summed E-state index contributed by atoms with van der Waals surface area (Å²) in [4.78, 5) is 2.46. The number of terminal acetylenes is 1. The van der Waals surface area contributed by atoms with Crippen LogP contribution < -0.4 is 15.3 Å². The van der Waals surface area contributed by atoms with E-state index in [0.717, 1.165) is 29.0 Å². The summed E-state index contributed by atoms with van der Waals surface area (Å²) in [5.74, 6) is 3.00. The molecule has 0 heterocycles. The van der Waals surface area contributed by atoms with Crippen LogP contribution in [0, 0.1) is 26.2 Å². The quantitative estimate of drug-likeness (QED) is 0.0973. The van der Waals surface area contributed by atoms with E-state index < -0.39 is 0 Å². The largest absolute Gasteiger partial charge is 0.338 e. The van der Waals surface area contributed by atoms with Gasteiger partial charge in [0.2, 0.25) is 0 Å². The third-order valence-corrected chi connectivity index (χ3v) is 11.0. The van der Waals surface area contributed by atoms with Crippen LogP contribution in [0.3, 0.4) is 0 Å². The minimum absolute atomic E-state index is 0.128. The van der Waals surface area contributed by atoms with Crippen LogP contribution in [-0.2, 0) is 10.8 Å². The van der Waals surface area contributed by atoms with Crippen molar-refractivity contribution in [2.24, 2.45) is 0 Å². The van der Waals surface area contributed by atoms with Crippen molar-refractivity contribution in [2.75, 3.05) is 4.90 Å². The fourth-order valence-corrected chi connectivity index (χ4v) is 6.71. The smallest absolute Gasteiger partial charge is 0.0524 e. The summed E-state index contributed by atoms with van der Waals surface area (Å²) in [6.07, 6.45) is 32.6. The zero-order valence-corrected chi connectivity index (χ0v) is 40.6. The lowest BCUT2D eigenvalue weighted by Crippen LogP contribution is -2.32. The van der Waals surface area contributed by atoms with Gasteiger partial charge in [0.25, 0.3) is 0 Å². The molecule has 61 heavy (non-hydrogen) atoms. The van der Waals surface area contributed by atoms with Crippen molar-refractivity contribution >= 4 is 28.6 Å². The van der Waals surface area contributed by atoms with E-state index in [1.165, 1.54) is 56.2 Å². The Morgan fingerprint density at radius 1 is 0.836 bits per heavy atom. The highest BCUT2D eigenvalue weighted by molar-refractivity contribution is 5.92. The van der Waals surface area contributed by atoms with Crippen molar-refractivity contribution in [3.63, 3.8) is 0 Å². The molecule has 1 unspecified atom stereocenters. The van der Waals surface area contributed by atoms with Gasteiger partial charge in [0, 0.05) is 22.3 Å². The molecule has 0 amide bonds.